The van der Waals surface area contributed by atoms with Gasteiger partial charge in [0, 0.05) is 5.41 Å². The summed E-state index contributed by atoms with van der Waals surface area (Å²) in [5, 5.41) is 2.96. The maximum Gasteiger partial charge on any atom is 0.225 e. The van der Waals surface area contributed by atoms with Crippen molar-refractivity contribution in [3.8, 4) is 0 Å². The van der Waals surface area contributed by atoms with E-state index in [2.05, 4.69) is 15.3 Å². The molecule has 0 saturated heterocycles. The Labute approximate surface area is 107 Å². The lowest BCUT2D eigenvalue weighted by atomic mass is 9.95. The van der Waals surface area contributed by atoms with Crippen LogP contribution in [-0.4, -0.2) is 15.9 Å². The third-order valence-corrected chi connectivity index (χ3v) is 2.85. The van der Waals surface area contributed by atoms with E-state index in [0.717, 1.165) is 16.9 Å². The quantitative estimate of drug-likeness (QED) is 0.854. The molecule has 18 heavy (non-hydrogen) atoms. The summed E-state index contributed by atoms with van der Waals surface area (Å²) >= 11 is 0. The van der Waals surface area contributed by atoms with E-state index in [-0.39, 0.29) is 17.4 Å². The lowest BCUT2D eigenvalue weighted by molar-refractivity contribution is -0.129. The number of hydrogen-bond acceptors (Lipinski definition) is 2. The number of aromatic nitrogens is 2. The second kappa shape index (κ2) is 4.44. The average molecular weight is 245 g/mol. The summed E-state index contributed by atoms with van der Waals surface area (Å²) in [4.78, 5) is 19.6. The SMILES string of the molecule is CC(NC(=O)C(C)(C)C)c1nc2ccccc2[nH]1. The summed E-state index contributed by atoms with van der Waals surface area (Å²) in [6, 6.07) is 7.72. The first-order valence-corrected chi connectivity index (χ1v) is 6.13. The Morgan fingerprint density at radius 2 is 2.00 bits per heavy atom. The van der Waals surface area contributed by atoms with Crippen molar-refractivity contribution in [3.05, 3.63) is 30.1 Å². The monoisotopic (exact) mass is 245 g/mol. The third kappa shape index (κ3) is 2.53. The highest BCUT2D eigenvalue weighted by Gasteiger charge is 2.23. The molecule has 0 aliphatic rings. The predicted octanol–water partition coefficient (Wildman–Crippen LogP) is 2.79. The van der Waals surface area contributed by atoms with Gasteiger partial charge in [-0.3, -0.25) is 4.79 Å². The number of benzene rings is 1. The molecule has 1 amide bonds. The molecule has 4 heteroatoms. The van der Waals surface area contributed by atoms with Crippen LogP contribution < -0.4 is 5.32 Å². The van der Waals surface area contributed by atoms with E-state index in [1.165, 1.54) is 0 Å². The van der Waals surface area contributed by atoms with Crippen LogP contribution in [0.15, 0.2) is 24.3 Å². The van der Waals surface area contributed by atoms with Crippen LogP contribution in [0.1, 0.15) is 39.6 Å². The molecular weight excluding hydrogens is 226 g/mol. The van der Waals surface area contributed by atoms with Gasteiger partial charge >= 0.3 is 0 Å². The minimum absolute atomic E-state index is 0.0236. The highest BCUT2D eigenvalue weighted by atomic mass is 16.2. The third-order valence-electron chi connectivity index (χ3n) is 2.85. The number of carbonyl (C=O) groups is 1. The standard InChI is InChI=1S/C14H19N3O/c1-9(15-13(18)14(2,3)4)12-16-10-7-5-6-8-11(10)17-12/h5-9H,1-4H3,(H,15,18)(H,16,17). The molecule has 2 N–H and O–H groups in total. The zero-order valence-corrected chi connectivity index (χ0v) is 11.2. The molecule has 1 unspecified atom stereocenters. The molecular formula is C14H19N3O. The Morgan fingerprint density at radius 1 is 1.33 bits per heavy atom. The average Bonchev–Trinajstić information content (AvgIpc) is 2.71. The molecule has 1 aromatic heterocycles. The summed E-state index contributed by atoms with van der Waals surface area (Å²) in [7, 11) is 0. The van der Waals surface area contributed by atoms with Gasteiger partial charge in [0.15, 0.2) is 0 Å². The number of hydrogen-bond donors (Lipinski definition) is 2. The number of nitrogens with zero attached hydrogens (tertiary/aromatic N) is 1. The summed E-state index contributed by atoms with van der Waals surface area (Å²) < 4.78 is 0. The molecule has 0 aliphatic heterocycles. The van der Waals surface area contributed by atoms with Crippen LogP contribution >= 0.6 is 0 Å². The maximum atomic E-state index is 11.9. The van der Waals surface area contributed by atoms with Crippen molar-refractivity contribution in [2.45, 2.75) is 33.7 Å². The van der Waals surface area contributed by atoms with E-state index in [1.54, 1.807) is 0 Å². The summed E-state index contributed by atoms with van der Waals surface area (Å²) in [5.41, 5.74) is 1.52. The molecule has 96 valence electrons. The van der Waals surface area contributed by atoms with Gasteiger partial charge in [0.1, 0.15) is 5.82 Å². The molecule has 0 spiro atoms. The Kier molecular flexibility index (Phi) is 3.11. The molecule has 0 saturated carbocycles. The van der Waals surface area contributed by atoms with Crippen LogP contribution in [0.2, 0.25) is 0 Å². The van der Waals surface area contributed by atoms with Crippen LogP contribution in [0, 0.1) is 5.41 Å². The summed E-state index contributed by atoms with van der Waals surface area (Å²) in [5.74, 6) is 0.809. The largest absolute Gasteiger partial charge is 0.346 e. The lowest BCUT2D eigenvalue weighted by Gasteiger charge is -2.20. The molecule has 0 aliphatic carbocycles. The minimum Gasteiger partial charge on any atom is -0.346 e. The van der Waals surface area contributed by atoms with Crippen LogP contribution in [0.5, 0.6) is 0 Å². The highest BCUT2D eigenvalue weighted by molar-refractivity contribution is 5.82. The molecule has 0 fully saturated rings. The van der Waals surface area contributed by atoms with E-state index >= 15 is 0 Å². The fraction of sp³-hybridized carbons (Fsp3) is 0.429. The first-order chi connectivity index (χ1) is 8.38. The van der Waals surface area contributed by atoms with E-state index < -0.39 is 0 Å². The molecule has 1 aromatic carbocycles. The molecule has 2 aromatic rings. The van der Waals surface area contributed by atoms with Gasteiger partial charge in [0.05, 0.1) is 17.1 Å². The smallest absolute Gasteiger partial charge is 0.225 e. The van der Waals surface area contributed by atoms with Crippen molar-refractivity contribution < 1.29 is 4.79 Å². The number of amides is 1. The van der Waals surface area contributed by atoms with E-state index in [9.17, 15) is 4.79 Å². The number of imidazole rings is 1. The Hall–Kier alpha value is -1.84. The number of aromatic amines is 1. The lowest BCUT2D eigenvalue weighted by Crippen LogP contribution is -2.36. The van der Waals surface area contributed by atoms with Crippen molar-refractivity contribution in [1.29, 1.82) is 0 Å². The van der Waals surface area contributed by atoms with E-state index in [4.69, 9.17) is 0 Å². The Balaban J connectivity index is 2.18. The van der Waals surface area contributed by atoms with Crippen LogP contribution in [0.4, 0.5) is 0 Å². The van der Waals surface area contributed by atoms with Gasteiger partial charge in [0.2, 0.25) is 5.91 Å². The first-order valence-electron chi connectivity index (χ1n) is 6.13. The number of H-pyrrole nitrogens is 1. The zero-order valence-electron chi connectivity index (χ0n) is 11.2. The Morgan fingerprint density at radius 3 is 2.61 bits per heavy atom. The molecule has 1 atom stereocenters. The highest BCUT2D eigenvalue weighted by Crippen LogP contribution is 2.18. The molecule has 4 nitrogen and oxygen atoms in total. The predicted molar refractivity (Wildman–Crippen MR) is 72.1 cm³/mol. The fourth-order valence-corrected chi connectivity index (χ4v) is 1.66. The van der Waals surface area contributed by atoms with Gasteiger partial charge in [-0.25, -0.2) is 4.98 Å². The summed E-state index contributed by atoms with van der Waals surface area (Å²) in [6.45, 7) is 7.62. The van der Waals surface area contributed by atoms with E-state index in [0.29, 0.717) is 0 Å². The topological polar surface area (TPSA) is 57.8 Å². The second-order valence-electron chi connectivity index (χ2n) is 5.58. The van der Waals surface area contributed by atoms with E-state index in [1.807, 2.05) is 52.0 Å². The van der Waals surface area contributed by atoms with Crippen molar-refractivity contribution in [2.75, 3.05) is 0 Å². The maximum absolute atomic E-state index is 11.9. The van der Waals surface area contributed by atoms with Gasteiger partial charge in [-0.15, -0.1) is 0 Å². The molecule has 0 bridgehead atoms. The normalized spacial score (nSPS) is 13.6. The van der Waals surface area contributed by atoms with Gasteiger partial charge < -0.3 is 10.3 Å². The van der Waals surface area contributed by atoms with Gasteiger partial charge in [-0.2, -0.15) is 0 Å². The molecule has 1 heterocycles. The van der Waals surface area contributed by atoms with Crippen molar-refractivity contribution in [1.82, 2.24) is 15.3 Å². The Bertz CT molecular complexity index is 533. The van der Waals surface area contributed by atoms with Crippen LogP contribution in [0.3, 0.4) is 0 Å². The number of para-hydroxylation sites is 2. The fourth-order valence-electron chi connectivity index (χ4n) is 1.66. The number of rotatable bonds is 2. The second-order valence-corrected chi connectivity index (χ2v) is 5.58. The minimum atomic E-state index is -0.389. The number of carbonyl (C=O) groups excluding carboxylic acids is 1. The van der Waals surface area contributed by atoms with Crippen LogP contribution in [-0.2, 0) is 4.79 Å². The van der Waals surface area contributed by atoms with Gasteiger partial charge in [-0.1, -0.05) is 32.9 Å². The van der Waals surface area contributed by atoms with Gasteiger partial charge in [-0.05, 0) is 19.1 Å². The van der Waals surface area contributed by atoms with Crippen molar-refractivity contribution >= 4 is 16.9 Å². The number of nitrogens with one attached hydrogen (secondary N) is 2. The van der Waals surface area contributed by atoms with Crippen molar-refractivity contribution in [3.63, 3.8) is 0 Å². The van der Waals surface area contributed by atoms with Crippen LogP contribution in [0.25, 0.3) is 11.0 Å². The number of fused-ring (bicyclic) bond motifs is 1. The zero-order chi connectivity index (χ0) is 13.3. The molecule has 0 radical (unpaired) electrons. The molecule has 2 rings (SSSR count). The van der Waals surface area contributed by atoms with Gasteiger partial charge in [0.25, 0.3) is 0 Å². The summed E-state index contributed by atoms with van der Waals surface area (Å²) in [6.07, 6.45) is 0. The first kappa shape index (κ1) is 12.6. The van der Waals surface area contributed by atoms with Crippen molar-refractivity contribution in [2.24, 2.45) is 5.41 Å².